The first-order valence-corrected chi connectivity index (χ1v) is 9.76. The molecule has 3 rings (SSSR count). The Balaban J connectivity index is 2.24. The highest BCUT2D eigenvalue weighted by atomic mass is 35.5. The monoisotopic (exact) mass is 450 g/mol. The third-order valence-corrected chi connectivity index (χ3v) is 5.07. The summed E-state index contributed by atoms with van der Waals surface area (Å²) in [4.78, 5) is 39.7. The number of fused-ring (bicyclic) bond motifs is 1. The number of anilines is 1. The molecular formula is C22H21ClF2N2O4. The van der Waals surface area contributed by atoms with Crippen LogP contribution < -0.4 is 10.2 Å². The number of amides is 2. The van der Waals surface area contributed by atoms with Gasteiger partial charge in [0.2, 0.25) is 11.3 Å². The highest BCUT2D eigenvalue weighted by Crippen LogP contribution is 2.50. The third-order valence-electron chi connectivity index (χ3n) is 4.83. The molecule has 0 fully saturated rings. The van der Waals surface area contributed by atoms with E-state index in [2.05, 4.69) is 0 Å². The lowest BCUT2D eigenvalue weighted by Gasteiger charge is -2.36. The van der Waals surface area contributed by atoms with Crippen LogP contribution in [0.25, 0.3) is 0 Å². The van der Waals surface area contributed by atoms with Crippen LogP contribution in [0.1, 0.15) is 36.7 Å². The first-order chi connectivity index (χ1) is 14.3. The molecule has 0 spiro atoms. The van der Waals surface area contributed by atoms with Crippen LogP contribution in [0.2, 0.25) is 5.02 Å². The fourth-order valence-electron chi connectivity index (χ4n) is 3.48. The molecule has 1 unspecified atom stereocenters. The van der Waals surface area contributed by atoms with Gasteiger partial charge in [-0.15, -0.1) is 0 Å². The van der Waals surface area contributed by atoms with Crippen LogP contribution in [0.15, 0.2) is 48.5 Å². The van der Waals surface area contributed by atoms with Gasteiger partial charge in [0.25, 0.3) is 5.91 Å². The summed E-state index contributed by atoms with van der Waals surface area (Å²) in [7, 11) is 1.27. The molecule has 1 N–H and O–H groups in total. The number of benzene rings is 2. The van der Waals surface area contributed by atoms with Crippen LogP contribution in [-0.2, 0) is 15.1 Å². The Morgan fingerprint density at radius 2 is 1.71 bits per heavy atom. The molecule has 0 saturated heterocycles. The number of nitrogens with zero attached hydrogens (tertiary/aromatic N) is 1. The van der Waals surface area contributed by atoms with E-state index in [9.17, 15) is 14.4 Å². The zero-order valence-corrected chi connectivity index (χ0v) is 18.1. The molecule has 6 nitrogen and oxygen atoms in total. The number of rotatable bonds is 4. The van der Waals surface area contributed by atoms with Gasteiger partial charge in [0.15, 0.2) is 0 Å². The molecule has 9 heteroatoms. The van der Waals surface area contributed by atoms with Gasteiger partial charge in [-0.1, -0.05) is 41.9 Å². The average Bonchev–Trinajstić information content (AvgIpc) is 2.89. The minimum atomic E-state index is -4.37. The van der Waals surface area contributed by atoms with Crippen molar-refractivity contribution < 1.29 is 27.9 Å². The number of likely N-dealkylation sites (N-methyl/N-ethyl adjacent to an activating group) is 1. The molecular weight excluding hydrogens is 430 g/mol. The number of nitrogens with one attached hydrogen (secondary N) is 1. The van der Waals surface area contributed by atoms with Crippen molar-refractivity contribution >= 4 is 35.1 Å². The molecule has 0 aromatic heterocycles. The van der Waals surface area contributed by atoms with Crippen molar-refractivity contribution in [2.45, 2.75) is 37.8 Å². The first-order valence-electron chi connectivity index (χ1n) is 9.38. The molecule has 0 aliphatic carbocycles. The quantitative estimate of drug-likeness (QED) is 0.693. The molecule has 2 aromatic rings. The summed E-state index contributed by atoms with van der Waals surface area (Å²) in [6, 6.07) is 10.8. The molecule has 0 radical (unpaired) electrons. The lowest BCUT2D eigenvalue weighted by molar-refractivity contribution is -0.138. The highest BCUT2D eigenvalue weighted by Gasteiger charge is 2.70. The minimum Gasteiger partial charge on any atom is -0.444 e. The maximum atomic E-state index is 16.0. The number of alkyl carbamates (subject to hydrolysis) is 1. The van der Waals surface area contributed by atoms with Crippen LogP contribution in [0, 0.1) is 0 Å². The van der Waals surface area contributed by atoms with Crippen molar-refractivity contribution in [2.75, 3.05) is 11.9 Å². The van der Waals surface area contributed by atoms with Crippen molar-refractivity contribution in [3.63, 3.8) is 0 Å². The highest BCUT2D eigenvalue weighted by molar-refractivity contribution is 6.31. The van der Waals surface area contributed by atoms with Crippen molar-refractivity contribution in [1.82, 2.24) is 5.32 Å². The second-order valence-corrected chi connectivity index (χ2v) is 8.61. The molecule has 1 atom stereocenters. The molecule has 1 aliphatic rings. The Bertz CT molecular complexity index is 1050. The van der Waals surface area contributed by atoms with Gasteiger partial charge in [-0.05, 0) is 39.0 Å². The van der Waals surface area contributed by atoms with Gasteiger partial charge >= 0.3 is 12.0 Å². The number of carbonyl (C=O) groups is 3. The topological polar surface area (TPSA) is 75.7 Å². The van der Waals surface area contributed by atoms with Gasteiger partial charge in [0.1, 0.15) is 5.60 Å². The summed E-state index contributed by atoms with van der Waals surface area (Å²) in [6.07, 6.45) is -1.28. The Labute approximate surface area is 183 Å². The van der Waals surface area contributed by atoms with Gasteiger partial charge < -0.3 is 9.64 Å². The maximum absolute atomic E-state index is 16.0. The molecule has 2 amide bonds. The molecule has 0 bridgehead atoms. The normalized spacial score (nSPS) is 18.5. The summed E-state index contributed by atoms with van der Waals surface area (Å²) in [5, 5.41) is 2.08. The molecule has 2 aromatic carbocycles. The summed E-state index contributed by atoms with van der Waals surface area (Å²) in [6.45, 7) is 4.62. The van der Waals surface area contributed by atoms with Crippen LogP contribution in [0.4, 0.5) is 19.3 Å². The van der Waals surface area contributed by atoms with Crippen molar-refractivity contribution in [3.8, 4) is 0 Å². The second kappa shape index (κ2) is 7.60. The number of ketones is 1. The third kappa shape index (κ3) is 3.76. The Morgan fingerprint density at radius 1 is 1.10 bits per heavy atom. The van der Waals surface area contributed by atoms with E-state index in [4.69, 9.17) is 16.3 Å². The van der Waals surface area contributed by atoms with E-state index < -0.39 is 34.8 Å². The Hall–Kier alpha value is -3.00. The van der Waals surface area contributed by atoms with E-state index >= 15 is 8.78 Å². The van der Waals surface area contributed by atoms with Crippen LogP contribution in [-0.4, -0.2) is 36.4 Å². The number of hydrogen-bond acceptors (Lipinski definition) is 4. The average molecular weight is 451 g/mol. The molecule has 0 saturated carbocycles. The van der Waals surface area contributed by atoms with Crippen molar-refractivity contribution in [1.29, 1.82) is 0 Å². The fourth-order valence-corrected chi connectivity index (χ4v) is 3.65. The maximum Gasteiger partial charge on any atom is 0.408 e. The number of alkyl halides is 2. The number of ether oxygens (including phenoxy) is 1. The smallest absolute Gasteiger partial charge is 0.408 e. The summed E-state index contributed by atoms with van der Waals surface area (Å²) >= 11 is 6.03. The Morgan fingerprint density at radius 3 is 2.29 bits per heavy atom. The van der Waals surface area contributed by atoms with Gasteiger partial charge in [-0.3, -0.25) is 14.9 Å². The second-order valence-electron chi connectivity index (χ2n) is 8.17. The number of halogens is 3. The Kier molecular flexibility index (Phi) is 5.56. The standard InChI is InChI=1S/C22H21ClF2N2O4/c1-20(2,3)31-19(30)26-21(22(24,25)17(28)13-8-6-5-7-9-13)15-12-14(23)10-11-16(15)27(4)18(21)29/h5-12H,1-4H3,(H,26,30). The van der Waals surface area contributed by atoms with Crippen molar-refractivity contribution in [2.24, 2.45) is 0 Å². The predicted octanol–water partition coefficient (Wildman–Crippen LogP) is 4.55. The SMILES string of the molecule is CN1C(=O)C(NC(=O)OC(C)(C)C)(C(F)(F)C(=O)c2ccccc2)c2cc(Cl)ccc21. The van der Waals surface area contributed by atoms with Gasteiger partial charge in [-0.25, -0.2) is 4.79 Å². The summed E-state index contributed by atoms with van der Waals surface area (Å²) in [5.74, 6) is -7.18. The van der Waals surface area contributed by atoms with Crippen LogP contribution >= 0.6 is 11.6 Å². The van der Waals surface area contributed by atoms with E-state index in [0.717, 1.165) is 11.0 Å². The van der Waals surface area contributed by atoms with E-state index in [1.807, 2.05) is 5.32 Å². The molecule has 1 aliphatic heterocycles. The van der Waals surface area contributed by atoms with Crippen LogP contribution in [0.3, 0.4) is 0 Å². The zero-order chi connectivity index (χ0) is 23.2. The van der Waals surface area contributed by atoms with E-state index in [-0.39, 0.29) is 21.8 Å². The van der Waals surface area contributed by atoms with Gasteiger partial charge in [-0.2, -0.15) is 8.78 Å². The van der Waals surface area contributed by atoms with Gasteiger partial charge in [0.05, 0.1) is 0 Å². The van der Waals surface area contributed by atoms with Crippen molar-refractivity contribution in [3.05, 3.63) is 64.7 Å². The van der Waals surface area contributed by atoms with E-state index in [1.54, 1.807) is 26.8 Å². The first kappa shape index (κ1) is 22.7. The summed E-state index contributed by atoms with van der Waals surface area (Å²) in [5.41, 5.74) is -4.60. The summed E-state index contributed by atoms with van der Waals surface area (Å²) < 4.78 is 37.1. The van der Waals surface area contributed by atoms with Gasteiger partial charge in [0, 0.05) is 28.9 Å². The fraction of sp³-hybridized carbons (Fsp3) is 0.318. The predicted molar refractivity (Wildman–Crippen MR) is 112 cm³/mol. The lowest BCUT2D eigenvalue weighted by Crippen LogP contribution is -2.66. The zero-order valence-electron chi connectivity index (χ0n) is 17.3. The largest absolute Gasteiger partial charge is 0.444 e. The van der Waals surface area contributed by atoms with E-state index in [1.165, 1.54) is 43.4 Å². The van der Waals surface area contributed by atoms with E-state index in [0.29, 0.717) is 0 Å². The molecule has 1 heterocycles. The number of hydrogen-bond donors (Lipinski definition) is 1. The lowest BCUT2D eigenvalue weighted by atomic mass is 9.81. The number of carbonyl (C=O) groups excluding carboxylic acids is 3. The minimum absolute atomic E-state index is 0.0557. The molecule has 31 heavy (non-hydrogen) atoms. The van der Waals surface area contributed by atoms with Crippen LogP contribution in [0.5, 0.6) is 0 Å². The molecule has 164 valence electrons. The number of Topliss-reactive ketones (excluding diaryl/α,β-unsaturated/α-hetero) is 1.